The van der Waals surface area contributed by atoms with Crippen LogP contribution in [0, 0.1) is 0 Å². The lowest BCUT2D eigenvalue weighted by molar-refractivity contribution is -0.121. The van der Waals surface area contributed by atoms with Gasteiger partial charge in [-0.15, -0.1) is 11.6 Å². The molecule has 0 aromatic carbocycles. The Balaban J connectivity index is 2.30. The Morgan fingerprint density at radius 1 is 1.64 bits per heavy atom. The van der Waals surface area contributed by atoms with Crippen molar-refractivity contribution in [1.82, 2.24) is 5.32 Å². The van der Waals surface area contributed by atoms with Gasteiger partial charge < -0.3 is 5.32 Å². The molecule has 64 valence electrons. The summed E-state index contributed by atoms with van der Waals surface area (Å²) in [6, 6.07) is 0.226. The van der Waals surface area contributed by atoms with Crippen LogP contribution in [0.1, 0.15) is 32.6 Å². The highest BCUT2D eigenvalue weighted by atomic mass is 35.5. The second-order valence-corrected chi connectivity index (χ2v) is 3.54. The Morgan fingerprint density at radius 2 is 2.36 bits per heavy atom. The number of alkyl halides is 1. The molecular weight excluding hydrogens is 162 g/mol. The van der Waals surface area contributed by atoms with Gasteiger partial charge in [0.25, 0.3) is 0 Å². The number of amides is 1. The van der Waals surface area contributed by atoms with Crippen LogP contribution in [0.25, 0.3) is 0 Å². The highest BCUT2D eigenvalue weighted by Gasteiger charge is 2.25. The largest absolute Gasteiger partial charge is 0.352 e. The average Bonchev–Trinajstić information content (AvgIpc) is 2.37. The second kappa shape index (κ2) is 3.96. The minimum Gasteiger partial charge on any atom is -0.352 e. The summed E-state index contributed by atoms with van der Waals surface area (Å²) in [5.74, 6) is 0.113. The molecule has 1 saturated carbocycles. The van der Waals surface area contributed by atoms with Gasteiger partial charge in [-0.05, 0) is 19.3 Å². The fourth-order valence-electron chi connectivity index (χ4n) is 1.39. The predicted octanol–water partition coefficient (Wildman–Crippen LogP) is 1.67. The summed E-state index contributed by atoms with van der Waals surface area (Å²) in [6.07, 6.45) is 3.78. The maximum atomic E-state index is 10.9. The first-order valence-corrected chi connectivity index (χ1v) is 4.61. The Labute approximate surface area is 72.3 Å². The van der Waals surface area contributed by atoms with Crippen molar-refractivity contribution < 1.29 is 4.79 Å². The van der Waals surface area contributed by atoms with Crippen molar-refractivity contribution in [3.63, 3.8) is 0 Å². The predicted molar refractivity (Wildman–Crippen MR) is 45.7 cm³/mol. The summed E-state index contributed by atoms with van der Waals surface area (Å²) in [6.45, 7) is 1.85. The molecule has 0 saturated heterocycles. The van der Waals surface area contributed by atoms with E-state index in [0.29, 0.717) is 6.42 Å². The Kier molecular flexibility index (Phi) is 3.18. The van der Waals surface area contributed by atoms with Gasteiger partial charge in [0, 0.05) is 12.5 Å². The van der Waals surface area contributed by atoms with Crippen LogP contribution in [0.2, 0.25) is 0 Å². The SMILES string of the molecule is CCC(=O)NC1CCCC1Cl. The minimum absolute atomic E-state index is 0.113. The Bertz CT molecular complexity index is 149. The molecule has 1 fully saturated rings. The molecule has 0 aromatic rings. The van der Waals surface area contributed by atoms with E-state index in [1.54, 1.807) is 0 Å². The summed E-state index contributed by atoms with van der Waals surface area (Å²) in [7, 11) is 0. The molecule has 0 radical (unpaired) electrons. The normalized spacial score (nSPS) is 30.4. The number of carbonyl (C=O) groups excluding carboxylic acids is 1. The van der Waals surface area contributed by atoms with Crippen molar-refractivity contribution in [2.45, 2.75) is 44.0 Å². The van der Waals surface area contributed by atoms with E-state index >= 15 is 0 Å². The number of hydrogen-bond donors (Lipinski definition) is 1. The smallest absolute Gasteiger partial charge is 0.219 e. The summed E-state index contributed by atoms with van der Waals surface area (Å²) < 4.78 is 0. The zero-order valence-electron chi connectivity index (χ0n) is 6.77. The number of rotatable bonds is 2. The average molecular weight is 176 g/mol. The van der Waals surface area contributed by atoms with E-state index < -0.39 is 0 Å². The molecule has 1 aliphatic carbocycles. The van der Waals surface area contributed by atoms with Crippen LogP contribution in [-0.4, -0.2) is 17.3 Å². The molecule has 0 aliphatic heterocycles. The van der Waals surface area contributed by atoms with Gasteiger partial charge in [-0.3, -0.25) is 4.79 Å². The first-order valence-electron chi connectivity index (χ1n) is 4.17. The number of hydrogen-bond acceptors (Lipinski definition) is 1. The summed E-state index contributed by atoms with van der Waals surface area (Å²) in [5.41, 5.74) is 0. The van der Waals surface area contributed by atoms with Crippen LogP contribution in [0.4, 0.5) is 0 Å². The van der Waals surface area contributed by atoms with Crippen molar-refractivity contribution >= 4 is 17.5 Å². The van der Waals surface area contributed by atoms with Crippen LogP contribution >= 0.6 is 11.6 Å². The Hall–Kier alpha value is -0.240. The second-order valence-electron chi connectivity index (χ2n) is 2.97. The fourth-order valence-corrected chi connectivity index (χ4v) is 1.73. The number of halogens is 1. The molecule has 0 aromatic heterocycles. The highest BCUT2D eigenvalue weighted by Crippen LogP contribution is 2.23. The van der Waals surface area contributed by atoms with E-state index in [0.717, 1.165) is 19.3 Å². The van der Waals surface area contributed by atoms with Crippen LogP contribution in [0.15, 0.2) is 0 Å². The number of carbonyl (C=O) groups is 1. The first kappa shape index (κ1) is 8.85. The quantitative estimate of drug-likeness (QED) is 0.636. The first-order chi connectivity index (χ1) is 5.24. The molecule has 2 atom stereocenters. The molecule has 3 heteroatoms. The summed E-state index contributed by atoms with van der Waals surface area (Å²) in [4.78, 5) is 10.9. The van der Waals surface area contributed by atoms with Gasteiger partial charge in [-0.25, -0.2) is 0 Å². The zero-order chi connectivity index (χ0) is 8.27. The van der Waals surface area contributed by atoms with E-state index in [2.05, 4.69) is 5.32 Å². The molecule has 2 nitrogen and oxygen atoms in total. The van der Waals surface area contributed by atoms with Crippen molar-refractivity contribution in [2.24, 2.45) is 0 Å². The molecule has 11 heavy (non-hydrogen) atoms. The molecule has 0 bridgehead atoms. The highest BCUT2D eigenvalue weighted by molar-refractivity contribution is 6.21. The van der Waals surface area contributed by atoms with Gasteiger partial charge in [0.2, 0.25) is 5.91 Å². The van der Waals surface area contributed by atoms with Crippen LogP contribution in [0.3, 0.4) is 0 Å². The molecular formula is C8H14ClNO. The Morgan fingerprint density at radius 3 is 2.82 bits per heavy atom. The molecule has 1 N–H and O–H groups in total. The molecule has 1 amide bonds. The van der Waals surface area contributed by atoms with Crippen LogP contribution < -0.4 is 5.32 Å². The van der Waals surface area contributed by atoms with E-state index in [9.17, 15) is 4.79 Å². The summed E-state index contributed by atoms with van der Waals surface area (Å²) in [5, 5.41) is 3.07. The monoisotopic (exact) mass is 175 g/mol. The van der Waals surface area contributed by atoms with E-state index in [1.165, 1.54) is 0 Å². The zero-order valence-corrected chi connectivity index (χ0v) is 7.53. The van der Waals surface area contributed by atoms with Gasteiger partial charge in [0.15, 0.2) is 0 Å². The molecule has 0 heterocycles. The van der Waals surface area contributed by atoms with Crippen molar-refractivity contribution in [2.75, 3.05) is 0 Å². The van der Waals surface area contributed by atoms with Gasteiger partial charge in [-0.1, -0.05) is 6.92 Å². The van der Waals surface area contributed by atoms with Crippen molar-refractivity contribution in [3.8, 4) is 0 Å². The van der Waals surface area contributed by atoms with E-state index in [4.69, 9.17) is 11.6 Å². The minimum atomic E-state index is 0.113. The molecule has 1 rings (SSSR count). The summed E-state index contributed by atoms with van der Waals surface area (Å²) >= 11 is 5.96. The molecule has 2 unspecified atom stereocenters. The van der Waals surface area contributed by atoms with Gasteiger partial charge in [0.1, 0.15) is 0 Å². The van der Waals surface area contributed by atoms with Crippen molar-refractivity contribution in [3.05, 3.63) is 0 Å². The van der Waals surface area contributed by atoms with Crippen LogP contribution in [0.5, 0.6) is 0 Å². The fraction of sp³-hybridized carbons (Fsp3) is 0.875. The molecule has 0 spiro atoms. The molecule has 1 aliphatic rings. The lowest BCUT2D eigenvalue weighted by Gasteiger charge is -2.14. The lowest BCUT2D eigenvalue weighted by Crippen LogP contribution is -2.37. The third-order valence-corrected chi connectivity index (χ3v) is 2.62. The van der Waals surface area contributed by atoms with Gasteiger partial charge in [0.05, 0.1) is 5.38 Å². The third-order valence-electron chi connectivity index (χ3n) is 2.10. The maximum absolute atomic E-state index is 10.9. The standard InChI is InChI=1S/C8H14ClNO/c1-2-8(11)10-7-5-3-4-6(7)9/h6-7H,2-5H2,1H3,(H,10,11). The lowest BCUT2D eigenvalue weighted by atomic mass is 10.2. The van der Waals surface area contributed by atoms with E-state index in [1.807, 2.05) is 6.92 Å². The van der Waals surface area contributed by atoms with E-state index in [-0.39, 0.29) is 17.3 Å². The topological polar surface area (TPSA) is 29.1 Å². The van der Waals surface area contributed by atoms with Gasteiger partial charge >= 0.3 is 0 Å². The van der Waals surface area contributed by atoms with Crippen LogP contribution in [-0.2, 0) is 4.79 Å². The maximum Gasteiger partial charge on any atom is 0.219 e. The third kappa shape index (κ3) is 2.37. The number of nitrogens with one attached hydrogen (secondary N) is 1. The van der Waals surface area contributed by atoms with Crippen molar-refractivity contribution in [1.29, 1.82) is 0 Å². The van der Waals surface area contributed by atoms with Gasteiger partial charge in [-0.2, -0.15) is 0 Å².